The molecule has 1 aliphatic carbocycles. The summed E-state index contributed by atoms with van der Waals surface area (Å²) in [6.45, 7) is 0. The molecule has 2 aromatic heterocycles. The molecule has 11 rings (SSSR count). The van der Waals surface area contributed by atoms with Gasteiger partial charge in [-0.25, -0.2) is 0 Å². The van der Waals surface area contributed by atoms with Crippen LogP contribution >= 0.6 is 0 Å². The van der Waals surface area contributed by atoms with Crippen LogP contribution in [0.4, 0.5) is 0 Å². The van der Waals surface area contributed by atoms with Crippen molar-refractivity contribution in [1.82, 2.24) is 0 Å². The summed E-state index contributed by atoms with van der Waals surface area (Å²) in [7, 11) is 0. The first kappa shape index (κ1) is 27.3. The first-order valence-electron chi connectivity index (χ1n) is 17.1. The van der Waals surface area contributed by atoms with E-state index in [-0.39, 0.29) is 0 Å². The summed E-state index contributed by atoms with van der Waals surface area (Å²) in [6, 6.07) is 61.0. The topological polar surface area (TPSA) is 26.3 Å². The summed E-state index contributed by atoms with van der Waals surface area (Å²) in [6.07, 6.45) is 0. The van der Waals surface area contributed by atoms with Crippen LogP contribution in [0.2, 0.25) is 0 Å². The van der Waals surface area contributed by atoms with Gasteiger partial charge in [-0.2, -0.15) is 0 Å². The van der Waals surface area contributed by atoms with Gasteiger partial charge in [-0.15, -0.1) is 0 Å². The van der Waals surface area contributed by atoms with Crippen molar-refractivity contribution in [3.05, 3.63) is 170 Å². The summed E-state index contributed by atoms with van der Waals surface area (Å²) in [5.41, 5.74) is 18.1. The van der Waals surface area contributed by atoms with E-state index in [1.807, 2.05) is 12.1 Å². The SMILES string of the molecule is c1ccc2c(c1)-c1ccccc1-c1ccc(-c3ccc4oc5ccc(-c6cccc7c6oc6ccccc67)cc5c4c3)cc1-c1ccccc1-2. The highest BCUT2D eigenvalue weighted by Gasteiger charge is 2.22. The van der Waals surface area contributed by atoms with Gasteiger partial charge >= 0.3 is 0 Å². The van der Waals surface area contributed by atoms with Crippen LogP contribution in [-0.2, 0) is 0 Å². The van der Waals surface area contributed by atoms with Gasteiger partial charge in [0.1, 0.15) is 22.3 Å². The fraction of sp³-hybridized carbons (Fsp3) is 0. The Balaban J connectivity index is 1.09. The molecule has 0 N–H and O–H groups in total. The second-order valence-corrected chi connectivity index (χ2v) is 13.2. The van der Waals surface area contributed by atoms with Crippen molar-refractivity contribution in [3.8, 4) is 66.8 Å². The average Bonchev–Trinajstić information content (AvgIpc) is 3.75. The van der Waals surface area contributed by atoms with Gasteiger partial charge in [0, 0.05) is 27.1 Å². The summed E-state index contributed by atoms with van der Waals surface area (Å²) in [5.74, 6) is 0. The number of benzene rings is 8. The Morgan fingerprint density at radius 3 is 1.34 bits per heavy atom. The van der Waals surface area contributed by atoms with Crippen LogP contribution in [0.1, 0.15) is 0 Å². The van der Waals surface area contributed by atoms with E-state index in [0.29, 0.717) is 0 Å². The second-order valence-electron chi connectivity index (χ2n) is 13.2. The van der Waals surface area contributed by atoms with E-state index in [1.165, 1.54) is 50.1 Å². The fourth-order valence-corrected chi connectivity index (χ4v) is 8.14. The molecule has 0 amide bonds. The van der Waals surface area contributed by atoms with E-state index >= 15 is 0 Å². The molecule has 0 fully saturated rings. The Hall–Kier alpha value is -6.64. The molecule has 2 heteroatoms. The molecule has 0 saturated carbocycles. The zero-order chi connectivity index (χ0) is 32.8. The first-order chi connectivity index (χ1) is 24.8. The molecule has 2 heterocycles. The van der Waals surface area contributed by atoms with Gasteiger partial charge < -0.3 is 8.83 Å². The Bertz CT molecular complexity index is 2980. The number of hydrogen-bond acceptors (Lipinski definition) is 2. The molecule has 0 atom stereocenters. The molecule has 50 heavy (non-hydrogen) atoms. The lowest BCUT2D eigenvalue weighted by atomic mass is 9.80. The number of rotatable bonds is 2. The summed E-state index contributed by atoms with van der Waals surface area (Å²) in [5, 5.41) is 4.46. The van der Waals surface area contributed by atoms with Crippen molar-refractivity contribution in [1.29, 1.82) is 0 Å². The predicted molar refractivity (Wildman–Crippen MR) is 207 cm³/mol. The van der Waals surface area contributed by atoms with Crippen molar-refractivity contribution in [3.63, 3.8) is 0 Å². The van der Waals surface area contributed by atoms with Crippen LogP contribution in [0.15, 0.2) is 179 Å². The Kier molecular flexibility index (Phi) is 5.70. The van der Waals surface area contributed by atoms with E-state index in [4.69, 9.17) is 8.83 Å². The third kappa shape index (κ3) is 3.96. The smallest absolute Gasteiger partial charge is 0.143 e. The minimum Gasteiger partial charge on any atom is -0.456 e. The molecule has 0 radical (unpaired) electrons. The fourth-order valence-electron chi connectivity index (χ4n) is 8.14. The third-order valence-electron chi connectivity index (χ3n) is 10.5. The van der Waals surface area contributed by atoms with Crippen molar-refractivity contribution in [2.45, 2.75) is 0 Å². The van der Waals surface area contributed by atoms with Crippen LogP contribution in [-0.4, -0.2) is 0 Å². The van der Waals surface area contributed by atoms with Crippen LogP contribution < -0.4 is 0 Å². The summed E-state index contributed by atoms with van der Waals surface area (Å²) >= 11 is 0. The lowest BCUT2D eigenvalue weighted by molar-refractivity contribution is 0.668. The third-order valence-corrected chi connectivity index (χ3v) is 10.5. The Morgan fingerprint density at radius 1 is 0.240 bits per heavy atom. The zero-order valence-corrected chi connectivity index (χ0v) is 27.0. The Labute approximate surface area is 288 Å². The molecule has 0 aliphatic heterocycles. The molecule has 2 nitrogen and oxygen atoms in total. The maximum atomic E-state index is 6.40. The van der Waals surface area contributed by atoms with Gasteiger partial charge in [0.25, 0.3) is 0 Å². The van der Waals surface area contributed by atoms with Crippen molar-refractivity contribution in [2.24, 2.45) is 0 Å². The standard InChI is InChI=1S/C48H28O2/c1-2-11-34-33(10-1)35-12-3-4-14-37(35)39-23-20-29(26-42(39)38-15-6-5-13-36(34)38)30-21-24-46-43(27-30)44-28-31(22-25-47(44)49-46)32-17-9-18-41-40-16-7-8-19-45(40)50-48(32)41/h1-28H. The van der Waals surface area contributed by atoms with Crippen LogP contribution in [0.25, 0.3) is 111 Å². The van der Waals surface area contributed by atoms with E-state index in [9.17, 15) is 0 Å². The van der Waals surface area contributed by atoms with Gasteiger partial charge in [-0.3, -0.25) is 0 Å². The normalized spacial score (nSPS) is 12.0. The lowest BCUT2D eigenvalue weighted by Crippen LogP contribution is -1.97. The van der Waals surface area contributed by atoms with E-state index < -0.39 is 0 Å². The molecule has 10 aromatic rings. The molecule has 0 spiro atoms. The number of para-hydroxylation sites is 2. The van der Waals surface area contributed by atoms with Gasteiger partial charge in [0.2, 0.25) is 0 Å². The van der Waals surface area contributed by atoms with Gasteiger partial charge in [-0.05, 0) is 97.6 Å². The minimum absolute atomic E-state index is 0.875. The van der Waals surface area contributed by atoms with Crippen molar-refractivity contribution >= 4 is 43.9 Å². The Morgan fingerprint density at radius 2 is 0.680 bits per heavy atom. The van der Waals surface area contributed by atoms with Crippen LogP contribution in [0.3, 0.4) is 0 Å². The zero-order valence-electron chi connectivity index (χ0n) is 27.0. The molecule has 0 bridgehead atoms. The molecular formula is C48H28O2. The van der Waals surface area contributed by atoms with E-state index in [1.54, 1.807) is 0 Å². The molecule has 0 saturated heterocycles. The highest BCUT2D eigenvalue weighted by Crippen LogP contribution is 2.48. The van der Waals surface area contributed by atoms with Crippen molar-refractivity contribution < 1.29 is 8.83 Å². The van der Waals surface area contributed by atoms with Gasteiger partial charge in [0.15, 0.2) is 0 Å². The maximum Gasteiger partial charge on any atom is 0.143 e. The number of furan rings is 2. The highest BCUT2D eigenvalue weighted by atomic mass is 16.3. The molecule has 0 unspecified atom stereocenters. The highest BCUT2D eigenvalue weighted by molar-refractivity contribution is 6.12. The summed E-state index contributed by atoms with van der Waals surface area (Å²) < 4.78 is 12.8. The van der Waals surface area contributed by atoms with Gasteiger partial charge in [-0.1, -0.05) is 133 Å². The van der Waals surface area contributed by atoms with Crippen molar-refractivity contribution in [2.75, 3.05) is 0 Å². The molecular weight excluding hydrogens is 609 g/mol. The number of hydrogen-bond donors (Lipinski definition) is 0. The monoisotopic (exact) mass is 636 g/mol. The molecule has 232 valence electrons. The van der Waals surface area contributed by atoms with Crippen LogP contribution in [0.5, 0.6) is 0 Å². The minimum atomic E-state index is 0.875. The predicted octanol–water partition coefficient (Wildman–Crippen LogP) is 13.8. The first-order valence-corrected chi connectivity index (χ1v) is 17.1. The summed E-state index contributed by atoms with van der Waals surface area (Å²) in [4.78, 5) is 0. The largest absolute Gasteiger partial charge is 0.456 e. The quantitative estimate of drug-likeness (QED) is 0.189. The van der Waals surface area contributed by atoms with E-state index in [2.05, 4.69) is 158 Å². The molecule has 8 aromatic carbocycles. The van der Waals surface area contributed by atoms with Gasteiger partial charge in [0.05, 0.1) is 0 Å². The average molecular weight is 637 g/mol. The second kappa shape index (κ2) is 10.4. The number of fused-ring (bicyclic) bond motifs is 14. The maximum absolute atomic E-state index is 6.40. The van der Waals surface area contributed by atoms with Crippen LogP contribution in [0, 0.1) is 0 Å². The lowest BCUT2D eigenvalue weighted by Gasteiger charge is -2.23. The van der Waals surface area contributed by atoms with E-state index in [0.717, 1.165) is 60.6 Å². The molecule has 1 aliphatic rings.